The fourth-order valence-electron chi connectivity index (χ4n) is 5.54. The number of aliphatic hydroxyl groups excluding tert-OH is 1. The van der Waals surface area contributed by atoms with E-state index < -0.39 is 24.3 Å². The van der Waals surface area contributed by atoms with Gasteiger partial charge in [0.1, 0.15) is 17.9 Å². The summed E-state index contributed by atoms with van der Waals surface area (Å²) < 4.78 is 11.3. The highest BCUT2D eigenvalue weighted by Gasteiger charge is 2.41. The highest BCUT2D eigenvalue weighted by molar-refractivity contribution is 6.02. The van der Waals surface area contributed by atoms with Gasteiger partial charge < -0.3 is 30.3 Å². The summed E-state index contributed by atoms with van der Waals surface area (Å²) in [4.78, 5) is 27.3. The number of carbonyl (C=O) groups is 2. The third-order valence-electron chi connectivity index (χ3n) is 7.11. The first-order valence-corrected chi connectivity index (χ1v) is 12.4. The van der Waals surface area contributed by atoms with Gasteiger partial charge in [0.05, 0.1) is 18.2 Å². The number of phenols is 1. The molecule has 4 rings (SSSR count). The van der Waals surface area contributed by atoms with E-state index in [0.717, 1.165) is 31.4 Å². The molecule has 2 amide bonds. The van der Waals surface area contributed by atoms with E-state index in [1.54, 1.807) is 12.1 Å². The molecule has 3 aliphatic rings. The number of phenolic OH excluding ortho intramolecular Hbond substituents is 1. The molecule has 0 aromatic heterocycles. The standard InChI is InChI=1S/C25H37N3O6/c1-4-19(27-25(32)34-17-9-15-7-8-33-22(15)11-17)21(30)13-28(12-14(2)3)23-18-6-5-16(29)10-20(18)26-24(23)31/h5-6,10,14-15,17,19,21-23,29-30H,4,7-9,11-13H2,1-3H3,(H,26,31)(H,27,32)/t15?,17-,19?,21-,22-,23?/m1/s1. The molecule has 3 unspecified atom stereocenters. The van der Waals surface area contributed by atoms with E-state index in [1.165, 1.54) is 6.07 Å². The Morgan fingerprint density at radius 3 is 2.82 bits per heavy atom. The van der Waals surface area contributed by atoms with Crippen molar-refractivity contribution < 1.29 is 29.3 Å². The van der Waals surface area contributed by atoms with Crippen molar-refractivity contribution in [1.29, 1.82) is 0 Å². The molecule has 0 radical (unpaired) electrons. The molecule has 0 bridgehead atoms. The third-order valence-corrected chi connectivity index (χ3v) is 7.11. The SMILES string of the molecule is CCC(NC(=O)O[C@@H]1CC2CCO[C@@H]2C1)[C@H](O)CN(CC(C)C)C1C(=O)Nc2cc(O)ccc21. The van der Waals surface area contributed by atoms with Crippen molar-refractivity contribution in [2.75, 3.05) is 25.0 Å². The number of carbonyl (C=O) groups excluding carboxylic acids is 2. The molecule has 2 heterocycles. The fraction of sp³-hybridized carbons (Fsp3) is 0.680. The van der Waals surface area contributed by atoms with Crippen LogP contribution in [0.1, 0.15) is 58.1 Å². The van der Waals surface area contributed by atoms with Crippen LogP contribution in [0.15, 0.2) is 18.2 Å². The number of hydrogen-bond acceptors (Lipinski definition) is 7. The zero-order chi connectivity index (χ0) is 24.4. The van der Waals surface area contributed by atoms with Gasteiger partial charge in [0.15, 0.2) is 0 Å². The van der Waals surface area contributed by atoms with Gasteiger partial charge in [0.25, 0.3) is 0 Å². The van der Waals surface area contributed by atoms with Crippen LogP contribution in [0.4, 0.5) is 10.5 Å². The molecule has 9 nitrogen and oxygen atoms in total. The molecule has 6 atom stereocenters. The second-order valence-electron chi connectivity index (χ2n) is 10.2. The van der Waals surface area contributed by atoms with Gasteiger partial charge in [-0.2, -0.15) is 0 Å². The van der Waals surface area contributed by atoms with Crippen LogP contribution in [0, 0.1) is 11.8 Å². The quantitative estimate of drug-likeness (QED) is 0.433. The monoisotopic (exact) mass is 475 g/mol. The molecular formula is C25H37N3O6. The van der Waals surface area contributed by atoms with Crippen LogP contribution in [0.5, 0.6) is 5.75 Å². The lowest BCUT2D eigenvalue weighted by Crippen LogP contribution is -2.50. The molecule has 34 heavy (non-hydrogen) atoms. The van der Waals surface area contributed by atoms with Gasteiger partial charge >= 0.3 is 6.09 Å². The van der Waals surface area contributed by atoms with Gasteiger partial charge in [-0.1, -0.05) is 26.8 Å². The minimum atomic E-state index is -0.892. The second-order valence-corrected chi connectivity index (χ2v) is 10.2. The number of anilines is 1. The number of nitrogens with one attached hydrogen (secondary N) is 2. The van der Waals surface area contributed by atoms with Crippen LogP contribution in [0.25, 0.3) is 0 Å². The van der Waals surface area contributed by atoms with E-state index in [1.807, 2.05) is 11.8 Å². The maximum atomic E-state index is 12.8. The van der Waals surface area contributed by atoms with Crippen LogP contribution in [0.2, 0.25) is 0 Å². The fourth-order valence-corrected chi connectivity index (χ4v) is 5.54. The highest BCUT2D eigenvalue weighted by Crippen LogP contribution is 2.38. The van der Waals surface area contributed by atoms with Crippen molar-refractivity contribution in [3.63, 3.8) is 0 Å². The Bertz CT molecular complexity index is 881. The second kappa shape index (κ2) is 10.5. The van der Waals surface area contributed by atoms with Gasteiger partial charge in [-0.25, -0.2) is 4.79 Å². The Morgan fingerprint density at radius 2 is 2.12 bits per heavy atom. The highest BCUT2D eigenvalue weighted by atomic mass is 16.6. The van der Waals surface area contributed by atoms with E-state index in [2.05, 4.69) is 24.5 Å². The first-order valence-electron chi connectivity index (χ1n) is 12.4. The van der Waals surface area contributed by atoms with Gasteiger partial charge in [-0.3, -0.25) is 9.69 Å². The largest absolute Gasteiger partial charge is 0.508 e. The molecule has 188 valence electrons. The van der Waals surface area contributed by atoms with E-state index in [9.17, 15) is 19.8 Å². The predicted molar refractivity (Wildman–Crippen MR) is 126 cm³/mol. The molecule has 9 heteroatoms. The number of benzene rings is 1. The summed E-state index contributed by atoms with van der Waals surface area (Å²) in [5.41, 5.74) is 1.35. The molecule has 1 aromatic rings. The lowest BCUT2D eigenvalue weighted by atomic mass is 10.0. The summed E-state index contributed by atoms with van der Waals surface area (Å²) >= 11 is 0. The Labute approximate surface area is 200 Å². The van der Waals surface area contributed by atoms with Crippen molar-refractivity contribution >= 4 is 17.7 Å². The number of amides is 2. The lowest BCUT2D eigenvalue weighted by Gasteiger charge is -2.33. The van der Waals surface area contributed by atoms with E-state index in [0.29, 0.717) is 24.6 Å². The number of rotatable bonds is 9. The molecule has 1 aromatic carbocycles. The van der Waals surface area contributed by atoms with Crippen molar-refractivity contribution in [3.05, 3.63) is 23.8 Å². The number of fused-ring (bicyclic) bond motifs is 2. The minimum Gasteiger partial charge on any atom is -0.508 e. The molecule has 2 aliphatic heterocycles. The number of aromatic hydroxyl groups is 1. The summed E-state index contributed by atoms with van der Waals surface area (Å²) in [7, 11) is 0. The van der Waals surface area contributed by atoms with Crippen LogP contribution in [-0.2, 0) is 14.3 Å². The minimum absolute atomic E-state index is 0.0846. The Hall–Kier alpha value is -2.36. The van der Waals surface area contributed by atoms with Gasteiger partial charge in [-0.15, -0.1) is 0 Å². The lowest BCUT2D eigenvalue weighted by molar-refractivity contribution is -0.121. The van der Waals surface area contributed by atoms with Crippen molar-refractivity contribution in [2.45, 2.75) is 76.9 Å². The molecule has 0 spiro atoms. The topological polar surface area (TPSA) is 120 Å². The van der Waals surface area contributed by atoms with Crippen molar-refractivity contribution in [3.8, 4) is 5.75 Å². The average molecular weight is 476 g/mol. The molecular weight excluding hydrogens is 438 g/mol. The first kappa shape index (κ1) is 24.8. The summed E-state index contributed by atoms with van der Waals surface area (Å²) in [5, 5.41) is 26.5. The molecule has 1 saturated carbocycles. The predicted octanol–water partition coefficient (Wildman–Crippen LogP) is 2.78. The number of nitrogens with zero attached hydrogens (tertiary/aromatic N) is 1. The van der Waals surface area contributed by atoms with Crippen LogP contribution in [-0.4, -0.2) is 71.2 Å². The summed E-state index contributed by atoms with van der Waals surface area (Å²) in [6.45, 7) is 7.58. The van der Waals surface area contributed by atoms with Crippen molar-refractivity contribution in [2.24, 2.45) is 11.8 Å². The van der Waals surface area contributed by atoms with E-state index in [4.69, 9.17) is 9.47 Å². The Kier molecular flexibility index (Phi) is 7.64. The summed E-state index contributed by atoms with van der Waals surface area (Å²) in [6.07, 6.45) is 1.71. The Balaban J connectivity index is 1.39. The maximum absolute atomic E-state index is 12.8. The number of alkyl carbamates (subject to hydrolysis) is 1. The number of ether oxygens (including phenoxy) is 2. The van der Waals surface area contributed by atoms with Crippen molar-refractivity contribution in [1.82, 2.24) is 10.2 Å². The van der Waals surface area contributed by atoms with Crippen LogP contribution in [0.3, 0.4) is 0 Å². The zero-order valence-corrected chi connectivity index (χ0v) is 20.2. The van der Waals surface area contributed by atoms with Crippen LogP contribution < -0.4 is 10.6 Å². The summed E-state index contributed by atoms with van der Waals surface area (Å²) in [6, 6.07) is 3.75. The smallest absolute Gasteiger partial charge is 0.407 e. The molecule has 4 N–H and O–H groups in total. The van der Waals surface area contributed by atoms with Gasteiger partial charge in [0, 0.05) is 43.4 Å². The van der Waals surface area contributed by atoms with Crippen LogP contribution >= 0.6 is 0 Å². The van der Waals surface area contributed by atoms with Gasteiger partial charge in [0.2, 0.25) is 5.91 Å². The number of aliphatic hydroxyl groups is 1. The number of hydrogen-bond donors (Lipinski definition) is 4. The maximum Gasteiger partial charge on any atom is 0.407 e. The average Bonchev–Trinajstić information content (AvgIpc) is 3.43. The van der Waals surface area contributed by atoms with E-state index in [-0.39, 0.29) is 36.3 Å². The third kappa shape index (κ3) is 5.47. The summed E-state index contributed by atoms with van der Waals surface area (Å²) in [5.74, 6) is 0.615. The molecule has 1 aliphatic carbocycles. The Morgan fingerprint density at radius 1 is 1.32 bits per heavy atom. The van der Waals surface area contributed by atoms with Gasteiger partial charge in [-0.05, 0) is 37.2 Å². The first-order chi connectivity index (χ1) is 16.2. The molecule has 1 saturated heterocycles. The normalized spacial score (nSPS) is 27.4. The zero-order valence-electron chi connectivity index (χ0n) is 20.2. The van der Waals surface area contributed by atoms with E-state index >= 15 is 0 Å². The molecule has 2 fully saturated rings.